The molecule has 4 aromatic rings. The number of rotatable bonds is 6. The predicted molar refractivity (Wildman–Crippen MR) is 146 cm³/mol. The summed E-state index contributed by atoms with van der Waals surface area (Å²) in [5.74, 6) is -3.97. The van der Waals surface area contributed by atoms with Gasteiger partial charge in [0.15, 0.2) is 0 Å². The average Bonchev–Trinajstić information content (AvgIpc) is 2.86. The molecule has 0 spiro atoms. The number of anilines is 2. The van der Waals surface area contributed by atoms with Crippen molar-refractivity contribution in [2.45, 2.75) is 27.7 Å². The molecule has 0 atom stereocenters. The summed E-state index contributed by atoms with van der Waals surface area (Å²) in [5.41, 5.74) is 3.63. The molecule has 0 saturated heterocycles. The van der Waals surface area contributed by atoms with Crippen LogP contribution in [0, 0.1) is 27.7 Å². The zero-order chi connectivity index (χ0) is 27.7. The van der Waals surface area contributed by atoms with Gasteiger partial charge in [0.05, 0.1) is 11.1 Å². The molecule has 0 fully saturated rings. The van der Waals surface area contributed by atoms with Gasteiger partial charge in [0, 0.05) is 33.3 Å². The highest BCUT2D eigenvalue weighted by Gasteiger charge is 2.26. The second-order valence-electron chi connectivity index (χ2n) is 9.12. The Labute approximate surface area is 218 Å². The maximum Gasteiger partial charge on any atom is 0.336 e. The first kappa shape index (κ1) is 26.1. The lowest BCUT2D eigenvalue weighted by Crippen LogP contribution is -2.19. The van der Waals surface area contributed by atoms with E-state index in [1.807, 2.05) is 64.1 Å². The summed E-state index contributed by atoms with van der Waals surface area (Å²) in [6, 6.07) is 16.0. The van der Waals surface area contributed by atoms with E-state index in [2.05, 4.69) is 10.6 Å². The monoisotopic (exact) mass is 510 g/mol. The topological polar surface area (TPSA) is 133 Å². The SMILES string of the molecule is Cc1cccc(C)c1NC(=O)c1ccc(C(=O)Nc2c(C)cccc2C)c2c(C(=O)O)ccc(C(=O)O)c12. The van der Waals surface area contributed by atoms with E-state index in [9.17, 15) is 29.4 Å². The van der Waals surface area contributed by atoms with Gasteiger partial charge in [0.2, 0.25) is 0 Å². The molecule has 38 heavy (non-hydrogen) atoms. The van der Waals surface area contributed by atoms with Gasteiger partial charge in [0.25, 0.3) is 11.8 Å². The number of carbonyl (C=O) groups excluding carboxylic acids is 2. The van der Waals surface area contributed by atoms with Crippen LogP contribution in [-0.4, -0.2) is 34.0 Å². The lowest BCUT2D eigenvalue weighted by Gasteiger charge is -2.18. The molecule has 4 rings (SSSR count). The number of benzene rings is 4. The molecule has 0 aliphatic carbocycles. The van der Waals surface area contributed by atoms with E-state index in [1.54, 1.807) is 0 Å². The van der Waals surface area contributed by atoms with E-state index >= 15 is 0 Å². The number of nitrogens with one attached hydrogen (secondary N) is 2. The fraction of sp³-hybridized carbons (Fsp3) is 0.133. The molecule has 0 bridgehead atoms. The van der Waals surface area contributed by atoms with Crippen LogP contribution in [0.1, 0.15) is 63.7 Å². The summed E-state index contributed by atoms with van der Waals surface area (Å²) in [6.45, 7) is 7.31. The minimum atomic E-state index is -1.36. The zero-order valence-electron chi connectivity index (χ0n) is 21.3. The van der Waals surface area contributed by atoms with Gasteiger partial charge in [-0.05, 0) is 74.2 Å². The van der Waals surface area contributed by atoms with Crippen molar-refractivity contribution in [2.75, 3.05) is 10.6 Å². The Kier molecular flexibility index (Phi) is 6.99. The van der Waals surface area contributed by atoms with Crippen molar-refractivity contribution >= 4 is 45.9 Å². The Morgan fingerprint density at radius 2 is 0.789 bits per heavy atom. The highest BCUT2D eigenvalue weighted by molar-refractivity contribution is 6.26. The van der Waals surface area contributed by atoms with Gasteiger partial charge in [-0.3, -0.25) is 9.59 Å². The normalized spacial score (nSPS) is 10.7. The molecule has 0 unspecified atom stereocenters. The van der Waals surface area contributed by atoms with E-state index in [0.717, 1.165) is 34.4 Å². The lowest BCUT2D eigenvalue weighted by molar-refractivity contribution is 0.0684. The zero-order valence-corrected chi connectivity index (χ0v) is 21.3. The number of carbonyl (C=O) groups is 4. The van der Waals surface area contributed by atoms with Gasteiger partial charge in [-0.15, -0.1) is 0 Å². The molecule has 2 amide bonds. The van der Waals surface area contributed by atoms with Crippen molar-refractivity contribution in [3.05, 3.63) is 105 Å². The molecule has 0 aliphatic rings. The number of carboxylic acids is 2. The number of aryl methyl sites for hydroxylation is 4. The molecule has 0 heterocycles. The van der Waals surface area contributed by atoms with E-state index in [4.69, 9.17) is 0 Å². The Hall–Kier alpha value is -4.98. The van der Waals surface area contributed by atoms with Crippen LogP contribution in [0.3, 0.4) is 0 Å². The van der Waals surface area contributed by atoms with Crippen molar-refractivity contribution in [1.82, 2.24) is 0 Å². The summed E-state index contributed by atoms with van der Waals surface area (Å²) in [5, 5.41) is 25.3. The molecule has 4 N–H and O–H groups in total. The minimum Gasteiger partial charge on any atom is -0.478 e. The Bertz CT molecular complexity index is 1490. The van der Waals surface area contributed by atoms with Crippen molar-refractivity contribution in [3.63, 3.8) is 0 Å². The third-order valence-electron chi connectivity index (χ3n) is 6.55. The molecule has 0 aromatic heterocycles. The summed E-state index contributed by atoms with van der Waals surface area (Å²) in [4.78, 5) is 51.4. The first-order valence-electron chi connectivity index (χ1n) is 11.8. The van der Waals surface area contributed by atoms with Gasteiger partial charge in [0.1, 0.15) is 0 Å². The van der Waals surface area contributed by atoms with E-state index in [1.165, 1.54) is 12.1 Å². The van der Waals surface area contributed by atoms with Gasteiger partial charge in [-0.2, -0.15) is 0 Å². The van der Waals surface area contributed by atoms with Crippen molar-refractivity contribution in [2.24, 2.45) is 0 Å². The summed E-state index contributed by atoms with van der Waals surface area (Å²) >= 11 is 0. The standard InChI is InChI=1S/C30H26N2O6/c1-15-7-5-8-16(2)25(15)31-27(33)19-11-12-20(28(34)32-26-17(3)9-6-10-18(26)4)24-22(30(37)38)14-13-21(23(19)24)29(35)36/h5-14H,1-4H3,(H,31,33)(H,32,34)(H,35,36)(H,37,38). The van der Waals surface area contributed by atoms with Crippen LogP contribution >= 0.6 is 0 Å². The quantitative estimate of drug-likeness (QED) is 0.252. The molecule has 8 heteroatoms. The minimum absolute atomic E-state index is 0.0632. The predicted octanol–water partition coefficient (Wildman–Crippen LogP) is 5.97. The van der Waals surface area contributed by atoms with Crippen LogP contribution in [0.2, 0.25) is 0 Å². The third-order valence-corrected chi connectivity index (χ3v) is 6.55. The molecule has 192 valence electrons. The van der Waals surface area contributed by atoms with E-state index in [0.29, 0.717) is 11.4 Å². The number of aromatic carboxylic acids is 2. The maximum atomic E-state index is 13.5. The van der Waals surface area contributed by atoms with E-state index in [-0.39, 0.29) is 33.0 Å². The lowest BCUT2D eigenvalue weighted by atomic mass is 9.90. The smallest absolute Gasteiger partial charge is 0.336 e. The van der Waals surface area contributed by atoms with Crippen LogP contribution in [0.25, 0.3) is 10.8 Å². The van der Waals surface area contributed by atoms with E-state index < -0.39 is 23.8 Å². The molecular weight excluding hydrogens is 484 g/mol. The highest BCUT2D eigenvalue weighted by Crippen LogP contribution is 2.32. The summed E-state index contributed by atoms with van der Waals surface area (Å²) < 4.78 is 0. The summed E-state index contributed by atoms with van der Waals surface area (Å²) in [7, 11) is 0. The number of carboxylic acid groups (broad SMARTS) is 2. The van der Waals surface area contributed by atoms with Gasteiger partial charge < -0.3 is 20.8 Å². The van der Waals surface area contributed by atoms with Gasteiger partial charge in [-0.25, -0.2) is 9.59 Å². The van der Waals surface area contributed by atoms with Crippen LogP contribution in [-0.2, 0) is 0 Å². The van der Waals surface area contributed by atoms with Crippen molar-refractivity contribution in [1.29, 1.82) is 0 Å². The number of amides is 2. The van der Waals surface area contributed by atoms with Crippen LogP contribution in [0.4, 0.5) is 11.4 Å². The third kappa shape index (κ3) is 4.71. The first-order chi connectivity index (χ1) is 18.0. The summed E-state index contributed by atoms with van der Waals surface area (Å²) in [6.07, 6.45) is 0. The number of para-hydroxylation sites is 2. The van der Waals surface area contributed by atoms with Crippen LogP contribution in [0.5, 0.6) is 0 Å². The fourth-order valence-corrected chi connectivity index (χ4v) is 4.62. The Balaban J connectivity index is 1.96. The number of hydrogen-bond acceptors (Lipinski definition) is 4. The molecule has 0 radical (unpaired) electrons. The van der Waals surface area contributed by atoms with Gasteiger partial charge in [-0.1, -0.05) is 36.4 Å². The van der Waals surface area contributed by atoms with Crippen molar-refractivity contribution in [3.8, 4) is 0 Å². The number of fused-ring (bicyclic) bond motifs is 1. The molecule has 0 aliphatic heterocycles. The van der Waals surface area contributed by atoms with Crippen LogP contribution < -0.4 is 10.6 Å². The second kappa shape index (κ2) is 10.2. The average molecular weight is 511 g/mol. The second-order valence-corrected chi connectivity index (χ2v) is 9.12. The molecular formula is C30H26N2O6. The largest absolute Gasteiger partial charge is 0.478 e. The maximum absolute atomic E-state index is 13.5. The molecule has 8 nitrogen and oxygen atoms in total. The fourth-order valence-electron chi connectivity index (χ4n) is 4.62. The number of hydrogen-bond donors (Lipinski definition) is 4. The first-order valence-corrected chi connectivity index (χ1v) is 11.8. The highest BCUT2D eigenvalue weighted by atomic mass is 16.4. The molecule has 0 saturated carbocycles. The van der Waals surface area contributed by atoms with Crippen LogP contribution in [0.15, 0.2) is 60.7 Å². The Morgan fingerprint density at radius 1 is 0.500 bits per heavy atom. The van der Waals surface area contributed by atoms with Crippen molar-refractivity contribution < 1.29 is 29.4 Å². The molecule has 4 aromatic carbocycles. The van der Waals surface area contributed by atoms with Gasteiger partial charge >= 0.3 is 11.9 Å². The Morgan fingerprint density at radius 3 is 1.08 bits per heavy atom.